The third-order valence-electron chi connectivity index (χ3n) is 8.61. The first-order valence-corrected chi connectivity index (χ1v) is 14.1. The molecular weight excluding hydrogens is 468 g/mol. The summed E-state index contributed by atoms with van der Waals surface area (Å²) in [5, 5.41) is 6.18. The van der Waals surface area contributed by atoms with Gasteiger partial charge in [0, 0.05) is 36.3 Å². The highest BCUT2D eigenvalue weighted by molar-refractivity contribution is 6.02. The monoisotopic (exact) mass is 508 g/mol. The number of carbonyl (C=O) groups is 4. The van der Waals surface area contributed by atoms with Crippen LogP contribution in [0.3, 0.4) is 0 Å². The number of hydrogen-bond donors (Lipinski definition) is 2. The fraction of sp³-hybridized carbons (Fsp3) is 0.655. The Morgan fingerprint density at radius 1 is 1.03 bits per heavy atom. The number of Topliss-reactive ketones (excluding diaryl/α,β-unsaturated/α-hetero) is 2. The number of carbonyl (C=O) groups excluding carboxylic acids is 4. The number of nitrogens with zero attached hydrogens (tertiary/aromatic N) is 2. The maximum absolute atomic E-state index is 14.1. The molecule has 4 aliphatic rings. The van der Waals surface area contributed by atoms with Crippen LogP contribution in [-0.2, 0) is 14.4 Å². The molecule has 0 radical (unpaired) electrons. The van der Waals surface area contributed by atoms with E-state index in [1.807, 2.05) is 38.1 Å². The molecule has 1 saturated carbocycles. The molecule has 2 amide bonds. The molecule has 4 atom stereocenters. The van der Waals surface area contributed by atoms with E-state index in [0.29, 0.717) is 18.4 Å². The van der Waals surface area contributed by atoms with Crippen molar-refractivity contribution in [1.82, 2.24) is 15.5 Å². The number of hydrogen-bond acceptors (Lipinski definition) is 6. The van der Waals surface area contributed by atoms with E-state index in [1.54, 1.807) is 4.90 Å². The lowest BCUT2D eigenvalue weighted by molar-refractivity contribution is -0.145. The summed E-state index contributed by atoms with van der Waals surface area (Å²) in [4.78, 5) is 57.5. The van der Waals surface area contributed by atoms with Gasteiger partial charge in [-0.15, -0.1) is 0 Å². The Kier molecular flexibility index (Phi) is 7.65. The van der Waals surface area contributed by atoms with Gasteiger partial charge in [-0.1, -0.05) is 26.7 Å². The fourth-order valence-electron chi connectivity index (χ4n) is 6.72. The molecule has 1 aromatic rings. The van der Waals surface area contributed by atoms with Gasteiger partial charge in [0.25, 0.3) is 5.91 Å². The number of ketones is 2. The van der Waals surface area contributed by atoms with Crippen LogP contribution in [0.25, 0.3) is 0 Å². The van der Waals surface area contributed by atoms with Crippen LogP contribution in [-0.4, -0.2) is 72.1 Å². The molecule has 4 fully saturated rings. The molecule has 8 heteroatoms. The Labute approximate surface area is 219 Å². The molecule has 1 aromatic carbocycles. The summed E-state index contributed by atoms with van der Waals surface area (Å²) in [7, 11) is 0. The van der Waals surface area contributed by atoms with Gasteiger partial charge in [0.2, 0.25) is 5.91 Å². The van der Waals surface area contributed by atoms with Gasteiger partial charge >= 0.3 is 0 Å². The smallest absolute Gasteiger partial charge is 0.251 e. The number of anilines is 1. The van der Waals surface area contributed by atoms with Gasteiger partial charge in [-0.2, -0.15) is 0 Å². The Bertz CT molecular complexity index is 1030. The Balaban J connectivity index is 1.35. The maximum atomic E-state index is 14.1. The predicted octanol–water partition coefficient (Wildman–Crippen LogP) is 2.70. The highest BCUT2D eigenvalue weighted by Crippen LogP contribution is 2.35. The number of amides is 2. The van der Waals surface area contributed by atoms with Crippen molar-refractivity contribution >= 4 is 29.1 Å². The zero-order valence-corrected chi connectivity index (χ0v) is 22.1. The van der Waals surface area contributed by atoms with Crippen LogP contribution in [0.1, 0.15) is 75.6 Å². The molecule has 3 heterocycles. The molecule has 3 saturated heterocycles. The minimum Gasteiger partial charge on any atom is -0.372 e. The van der Waals surface area contributed by atoms with Gasteiger partial charge in [0.1, 0.15) is 12.1 Å². The van der Waals surface area contributed by atoms with Crippen LogP contribution in [0.15, 0.2) is 24.3 Å². The van der Waals surface area contributed by atoms with E-state index in [0.717, 1.165) is 44.5 Å². The normalized spacial score (nSPS) is 26.7. The van der Waals surface area contributed by atoms with Gasteiger partial charge in [-0.05, 0) is 68.7 Å². The SMILES string of the molecule is CC(C)CC(NC(=O)c1ccc(N2CCCC2)cc1)C(=O)N1C(C(=O)C2CCCC2)CC2NCC(=O)C21. The van der Waals surface area contributed by atoms with Crippen molar-refractivity contribution in [3.63, 3.8) is 0 Å². The van der Waals surface area contributed by atoms with Gasteiger partial charge < -0.3 is 20.4 Å². The second kappa shape index (κ2) is 10.9. The van der Waals surface area contributed by atoms with Crippen LogP contribution in [0.5, 0.6) is 0 Å². The van der Waals surface area contributed by atoms with Crippen LogP contribution < -0.4 is 15.5 Å². The van der Waals surface area contributed by atoms with Crippen molar-refractivity contribution < 1.29 is 19.2 Å². The Hall–Kier alpha value is -2.74. The van der Waals surface area contributed by atoms with E-state index in [2.05, 4.69) is 15.5 Å². The third kappa shape index (κ3) is 5.31. The van der Waals surface area contributed by atoms with E-state index in [9.17, 15) is 19.2 Å². The molecule has 3 aliphatic heterocycles. The Morgan fingerprint density at radius 2 is 1.70 bits per heavy atom. The summed E-state index contributed by atoms with van der Waals surface area (Å²) in [6, 6.07) is 5.32. The molecule has 4 unspecified atom stereocenters. The zero-order valence-electron chi connectivity index (χ0n) is 22.1. The standard InChI is InChI=1S/C29H40N4O4/c1-18(2)15-23(31-28(36)20-9-11-21(12-10-20)32-13-5-6-14-32)29(37)33-24(27(35)19-7-3-4-8-19)16-22-26(33)25(34)17-30-22/h9-12,18-19,22-24,26,30H,3-8,13-17H2,1-2H3,(H,31,36). The van der Waals surface area contributed by atoms with Gasteiger partial charge in [0.15, 0.2) is 11.6 Å². The average Bonchev–Trinajstić information content (AvgIpc) is 3.69. The molecule has 200 valence electrons. The summed E-state index contributed by atoms with van der Waals surface area (Å²) < 4.78 is 0. The third-order valence-corrected chi connectivity index (χ3v) is 8.61. The van der Waals surface area contributed by atoms with Gasteiger partial charge in [-0.3, -0.25) is 19.2 Å². The van der Waals surface area contributed by atoms with Gasteiger partial charge in [-0.25, -0.2) is 0 Å². The van der Waals surface area contributed by atoms with E-state index >= 15 is 0 Å². The van der Waals surface area contributed by atoms with Gasteiger partial charge in [0.05, 0.1) is 12.6 Å². The lowest BCUT2D eigenvalue weighted by atomic mass is 9.94. The summed E-state index contributed by atoms with van der Waals surface area (Å²) in [6.45, 7) is 6.29. The van der Waals surface area contributed by atoms with E-state index < -0.39 is 18.1 Å². The van der Waals surface area contributed by atoms with Crippen molar-refractivity contribution in [3.05, 3.63) is 29.8 Å². The number of fused-ring (bicyclic) bond motifs is 1. The topological polar surface area (TPSA) is 98.8 Å². The maximum Gasteiger partial charge on any atom is 0.251 e. The van der Waals surface area contributed by atoms with Crippen molar-refractivity contribution in [3.8, 4) is 0 Å². The molecule has 5 rings (SSSR count). The number of rotatable bonds is 8. The molecule has 37 heavy (non-hydrogen) atoms. The second-order valence-corrected chi connectivity index (χ2v) is 11.7. The molecule has 0 aromatic heterocycles. The molecule has 2 N–H and O–H groups in total. The highest BCUT2D eigenvalue weighted by atomic mass is 16.2. The Morgan fingerprint density at radius 3 is 2.35 bits per heavy atom. The molecular formula is C29H40N4O4. The van der Waals surface area contributed by atoms with Crippen LogP contribution >= 0.6 is 0 Å². The van der Waals surface area contributed by atoms with Crippen molar-refractivity contribution in [1.29, 1.82) is 0 Å². The number of nitrogens with one attached hydrogen (secondary N) is 2. The first-order valence-electron chi connectivity index (χ1n) is 14.1. The first-order chi connectivity index (χ1) is 17.8. The van der Waals surface area contributed by atoms with E-state index in [-0.39, 0.29) is 47.8 Å². The van der Waals surface area contributed by atoms with E-state index in [4.69, 9.17) is 0 Å². The molecule has 0 spiro atoms. The molecule has 1 aliphatic carbocycles. The van der Waals surface area contributed by atoms with Crippen LogP contribution in [0.4, 0.5) is 5.69 Å². The predicted molar refractivity (Wildman–Crippen MR) is 141 cm³/mol. The summed E-state index contributed by atoms with van der Waals surface area (Å²) >= 11 is 0. The summed E-state index contributed by atoms with van der Waals surface area (Å²) in [5.74, 6) is -0.476. The molecule has 0 bridgehead atoms. The van der Waals surface area contributed by atoms with E-state index in [1.165, 1.54) is 12.8 Å². The second-order valence-electron chi connectivity index (χ2n) is 11.7. The van der Waals surface area contributed by atoms with Crippen LogP contribution in [0.2, 0.25) is 0 Å². The minimum absolute atomic E-state index is 0.0403. The van der Waals surface area contributed by atoms with Crippen molar-refractivity contribution in [2.24, 2.45) is 11.8 Å². The highest BCUT2D eigenvalue weighted by Gasteiger charge is 2.54. The fourth-order valence-corrected chi connectivity index (χ4v) is 6.72. The largest absolute Gasteiger partial charge is 0.372 e. The average molecular weight is 509 g/mol. The van der Waals surface area contributed by atoms with Crippen molar-refractivity contribution in [2.45, 2.75) is 89.4 Å². The lowest BCUT2D eigenvalue weighted by Crippen LogP contribution is -2.56. The summed E-state index contributed by atoms with van der Waals surface area (Å²) in [5.41, 5.74) is 1.61. The van der Waals surface area contributed by atoms with Crippen LogP contribution in [0, 0.1) is 11.8 Å². The van der Waals surface area contributed by atoms with Crippen molar-refractivity contribution in [2.75, 3.05) is 24.5 Å². The quantitative estimate of drug-likeness (QED) is 0.560. The zero-order chi connectivity index (χ0) is 26.1. The lowest BCUT2D eigenvalue weighted by Gasteiger charge is -2.33. The number of likely N-dealkylation sites (tertiary alicyclic amines) is 1. The minimum atomic E-state index is -0.795. The first kappa shape index (κ1) is 25.9. The summed E-state index contributed by atoms with van der Waals surface area (Å²) in [6.07, 6.45) is 7.05. The molecule has 8 nitrogen and oxygen atoms in total. The number of benzene rings is 1.